The van der Waals surface area contributed by atoms with Gasteiger partial charge in [0, 0.05) is 6.54 Å². The van der Waals surface area contributed by atoms with Crippen molar-refractivity contribution in [3.63, 3.8) is 0 Å². The zero-order valence-corrected chi connectivity index (χ0v) is 8.50. The Hall–Kier alpha value is -0.280. The van der Waals surface area contributed by atoms with Crippen LogP contribution in [0.4, 0.5) is 0 Å². The van der Waals surface area contributed by atoms with E-state index in [1.807, 2.05) is 0 Å². The molecule has 0 saturated carbocycles. The molecule has 1 atom stereocenters. The van der Waals surface area contributed by atoms with Gasteiger partial charge in [-0.05, 0) is 31.8 Å². The number of amidine groups is 1. The van der Waals surface area contributed by atoms with E-state index in [4.69, 9.17) is 17.3 Å². The molecular weight excluding hydrogens is 186 g/mol. The van der Waals surface area contributed by atoms with E-state index in [-0.39, 0.29) is 0 Å². The van der Waals surface area contributed by atoms with Crippen molar-refractivity contribution in [1.82, 2.24) is 4.90 Å². The molecule has 0 spiro atoms. The topological polar surface area (TPSA) is 41.6 Å². The largest absolute Gasteiger partial charge is 0.386 e. The first-order valence-corrected chi connectivity index (χ1v) is 5.43. The number of fused-ring (bicyclic) bond motifs is 3. The predicted molar refractivity (Wildman–Crippen MR) is 55.3 cm³/mol. The van der Waals surface area contributed by atoms with E-state index in [1.165, 1.54) is 25.9 Å². The molecule has 2 bridgehead atoms. The normalized spacial score (nSPS) is 39.5. The van der Waals surface area contributed by atoms with E-state index in [1.54, 1.807) is 0 Å². The highest BCUT2D eigenvalue weighted by Crippen LogP contribution is 2.29. The van der Waals surface area contributed by atoms with Crippen LogP contribution in [-0.4, -0.2) is 42.3 Å². The molecule has 3 rings (SSSR count). The lowest BCUT2D eigenvalue weighted by molar-refractivity contribution is 0.0905. The number of alkyl halides is 1. The number of hydrogen-bond donors (Lipinski definition) is 1. The average Bonchev–Trinajstić information content (AvgIpc) is 2.19. The molecule has 3 nitrogen and oxygen atoms in total. The van der Waals surface area contributed by atoms with Crippen LogP contribution in [0.1, 0.15) is 12.8 Å². The summed E-state index contributed by atoms with van der Waals surface area (Å²) < 4.78 is 0. The van der Waals surface area contributed by atoms with Crippen molar-refractivity contribution in [3.05, 3.63) is 0 Å². The van der Waals surface area contributed by atoms with E-state index in [9.17, 15) is 0 Å². The minimum atomic E-state index is 0.364. The van der Waals surface area contributed by atoms with Gasteiger partial charge in [0.15, 0.2) is 0 Å². The molecule has 3 aliphatic heterocycles. The monoisotopic (exact) mass is 201 g/mol. The Morgan fingerprint density at radius 1 is 1.46 bits per heavy atom. The third kappa shape index (κ3) is 1.97. The zero-order valence-electron chi connectivity index (χ0n) is 7.75. The molecule has 13 heavy (non-hydrogen) atoms. The summed E-state index contributed by atoms with van der Waals surface area (Å²) in [5.41, 5.74) is 5.64. The van der Waals surface area contributed by atoms with Crippen molar-refractivity contribution in [3.8, 4) is 0 Å². The Bertz CT molecular complexity index is 209. The summed E-state index contributed by atoms with van der Waals surface area (Å²) in [5.74, 6) is 1.72. The minimum absolute atomic E-state index is 0.364. The first kappa shape index (κ1) is 9.28. The fraction of sp³-hybridized carbons (Fsp3) is 0.889. The van der Waals surface area contributed by atoms with Crippen LogP contribution in [-0.2, 0) is 0 Å². The molecule has 0 unspecified atom stereocenters. The molecule has 3 fully saturated rings. The summed E-state index contributed by atoms with van der Waals surface area (Å²) in [6.45, 7) is 3.58. The maximum Gasteiger partial charge on any atom is 0.109 e. The van der Waals surface area contributed by atoms with Gasteiger partial charge in [0.1, 0.15) is 5.84 Å². The third-order valence-electron chi connectivity index (χ3n) is 3.09. The highest BCUT2D eigenvalue weighted by molar-refractivity contribution is 6.27. The first-order valence-electron chi connectivity index (χ1n) is 4.90. The first-order chi connectivity index (χ1) is 6.29. The van der Waals surface area contributed by atoms with Crippen LogP contribution >= 0.6 is 11.6 Å². The average molecular weight is 202 g/mol. The SMILES string of the molecule is NC(CCl)=N[C@@H]1CN2CCC1CC2. The Morgan fingerprint density at radius 2 is 2.15 bits per heavy atom. The van der Waals surface area contributed by atoms with Crippen molar-refractivity contribution in [2.75, 3.05) is 25.5 Å². The van der Waals surface area contributed by atoms with Gasteiger partial charge >= 0.3 is 0 Å². The van der Waals surface area contributed by atoms with Gasteiger partial charge in [-0.1, -0.05) is 0 Å². The highest BCUT2D eigenvalue weighted by Gasteiger charge is 2.33. The summed E-state index contributed by atoms with van der Waals surface area (Å²) in [6.07, 6.45) is 2.56. The maximum absolute atomic E-state index is 5.64. The third-order valence-corrected chi connectivity index (χ3v) is 3.36. The van der Waals surface area contributed by atoms with E-state index >= 15 is 0 Å². The van der Waals surface area contributed by atoms with Gasteiger partial charge in [-0.25, -0.2) is 0 Å². The quantitative estimate of drug-likeness (QED) is 0.406. The summed E-state index contributed by atoms with van der Waals surface area (Å²) >= 11 is 5.60. The van der Waals surface area contributed by atoms with Gasteiger partial charge in [0.05, 0.1) is 11.9 Å². The Morgan fingerprint density at radius 3 is 2.62 bits per heavy atom. The number of nitrogens with zero attached hydrogens (tertiary/aromatic N) is 2. The second kappa shape index (κ2) is 3.84. The summed E-state index contributed by atoms with van der Waals surface area (Å²) in [4.78, 5) is 6.93. The van der Waals surface area contributed by atoms with Crippen molar-refractivity contribution in [1.29, 1.82) is 0 Å². The molecule has 0 aromatic carbocycles. The van der Waals surface area contributed by atoms with Gasteiger partial charge in [0.2, 0.25) is 0 Å². The molecule has 3 aliphatic rings. The number of hydrogen-bond acceptors (Lipinski definition) is 2. The Kier molecular flexibility index (Phi) is 2.74. The zero-order chi connectivity index (χ0) is 9.26. The van der Waals surface area contributed by atoms with Crippen molar-refractivity contribution in [2.24, 2.45) is 16.6 Å². The van der Waals surface area contributed by atoms with E-state index < -0.39 is 0 Å². The number of halogens is 1. The smallest absolute Gasteiger partial charge is 0.109 e. The summed E-state index contributed by atoms with van der Waals surface area (Å²) in [7, 11) is 0. The second-order valence-electron chi connectivity index (χ2n) is 3.96. The molecule has 2 N–H and O–H groups in total. The maximum atomic E-state index is 5.64. The summed E-state index contributed by atoms with van der Waals surface area (Å²) in [5, 5.41) is 0. The molecule has 4 heteroatoms. The Labute approximate surface area is 83.9 Å². The van der Waals surface area contributed by atoms with Crippen LogP contribution < -0.4 is 5.73 Å². The molecular formula is C9H16ClN3. The lowest BCUT2D eigenvalue weighted by Gasteiger charge is -2.43. The number of piperidine rings is 3. The van der Waals surface area contributed by atoms with Crippen LogP contribution in [0.25, 0.3) is 0 Å². The minimum Gasteiger partial charge on any atom is -0.386 e. The van der Waals surface area contributed by atoms with Crippen LogP contribution in [0.5, 0.6) is 0 Å². The lowest BCUT2D eigenvalue weighted by atomic mass is 9.84. The van der Waals surface area contributed by atoms with Crippen LogP contribution in [0.15, 0.2) is 4.99 Å². The number of aliphatic imine (C=N–C) groups is 1. The van der Waals surface area contributed by atoms with Crippen molar-refractivity contribution >= 4 is 17.4 Å². The molecule has 0 amide bonds. The molecule has 74 valence electrons. The van der Waals surface area contributed by atoms with E-state index in [2.05, 4.69) is 9.89 Å². The Balaban J connectivity index is 2.01. The van der Waals surface area contributed by atoms with E-state index in [0.29, 0.717) is 17.8 Å². The molecule has 0 aromatic rings. The van der Waals surface area contributed by atoms with Gasteiger partial charge < -0.3 is 10.6 Å². The predicted octanol–water partition coefficient (Wildman–Crippen LogP) is 0.677. The fourth-order valence-corrected chi connectivity index (χ4v) is 2.40. The number of rotatable bonds is 2. The lowest BCUT2D eigenvalue weighted by Crippen LogP contribution is -2.50. The fourth-order valence-electron chi connectivity index (χ4n) is 2.33. The molecule has 0 aliphatic carbocycles. The van der Waals surface area contributed by atoms with Crippen LogP contribution in [0.2, 0.25) is 0 Å². The van der Waals surface area contributed by atoms with Gasteiger partial charge in [-0.3, -0.25) is 4.99 Å². The molecule has 0 radical (unpaired) electrons. The van der Waals surface area contributed by atoms with Crippen molar-refractivity contribution in [2.45, 2.75) is 18.9 Å². The number of nitrogens with two attached hydrogens (primary N) is 1. The molecule has 3 saturated heterocycles. The van der Waals surface area contributed by atoms with Crippen molar-refractivity contribution < 1.29 is 0 Å². The van der Waals surface area contributed by atoms with Gasteiger partial charge in [-0.2, -0.15) is 0 Å². The second-order valence-corrected chi connectivity index (χ2v) is 4.23. The molecule has 0 aromatic heterocycles. The van der Waals surface area contributed by atoms with Crippen LogP contribution in [0, 0.1) is 5.92 Å². The summed E-state index contributed by atoms with van der Waals surface area (Å²) in [6, 6.07) is 0.418. The van der Waals surface area contributed by atoms with Crippen LogP contribution in [0.3, 0.4) is 0 Å². The standard InChI is InChI=1S/C9H16ClN3/c10-5-9(11)12-8-6-13-3-1-7(8)2-4-13/h7-8H,1-6H2,(H2,11,12)/t8-/m1/s1. The van der Waals surface area contributed by atoms with E-state index in [0.717, 1.165) is 12.5 Å². The van der Waals surface area contributed by atoms with Gasteiger partial charge in [-0.15, -0.1) is 11.6 Å². The van der Waals surface area contributed by atoms with Gasteiger partial charge in [0.25, 0.3) is 0 Å². The highest BCUT2D eigenvalue weighted by atomic mass is 35.5. The molecule has 3 heterocycles.